The zero-order valence-electron chi connectivity index (χ0n) is 17.0. The van der Waals surface area contributed by atoms with E-state index in [2.05, 4.69) is 5.10 Å². The van der Waals surface area contributed by atoms with Crippen LogP contribution in [-0.4, -0.2) is 49.4 Å². The van der Waals surface area contributed by atoms with Gasteiger partial charge < -0.3 is 9.47 Å². The fraction of sp³-hybridized carbons (Fsp3) is 0.381. The molecule has 1 aromatic heterocycles. The molecule has 0 bridgehead atoms. The lowest BCUT2D eigenvalue weighted by atomic mass is 10.0. The molecule has 2 aromatic carbocycles. The molecule has 0 saturated carbocycles. The summed E-state index contributed by atoms with van der Waals surface area (Å²) in [6.45, 7) is 4.83. The lowest BCUT2D eigenvalue weighted by molar-refractivity contribution is 0.0316. The predicted octanol–water partition coefficient (Wildman–Crippen LogP) is 2.96. The summed E-state index contributed by atoms with van der Waals surface area (Å²) in [6.07, 6.45) is 0. The molecule has 7 nitrogen and oxygen atoms in total. The zero-order chi connectivity index (χ0) is 20.8. The normalized spacial score (nSPS) is 18.3. The molecule has 2 heterocycles. The Balaban J connectivity index is 1.87. The Morgan fingerprint density at radius 2 is 1.86 bits per heavy atom. The first-order chi connectivity index (χ1) is 13.9. The topological polar surface area (TPSA) is 73.7 Å². The van der Waals surface area contributed by atoms with Crippen molar-refractivity contribution in [3.63, 3.8) is 0 Å². The van der Waals surface area contributed by atoms with Crippen molar-refractivity contribution in [1.29, 1.82) is 0 Å². The molecule has 0 radical (unpaired) electrons. The number of aromatic nitrogens is 2. The van der Waals surface area contributed by atoms with Gasteiger partial charge in [-0.2, -0.15) is 9.40 Å². The summed E-state index contributed by atoms with van der Waals surface area (Å²) >= 11 is 0. The number of hydrogen-bond acceptors (Lipinski definition) is 5. The van der Waals surface area contributed by atoms with Crippen LogP contribution >= 0.6 is 0 Å². The number of sulfonamides is 1. The number of fused-ring (bicyclic) bond motifs is 1. The number of nitrogens with zero attached hydrogens (tertiary/aromatic N) is 3. The maximum Gasteiger partial charge on any atom is 0.244 e. The molecule has 3 aromatic rings. The summed E-state index contributed by atoms with van der Waals surface area (Å²) < 4.78 is 42.1. The van der Waals surface area contributed by atoms with Crippen LogP contribution in [0.4, 0.5) is 0 Å². The van der Waals surface area contributed by atoms with Crippen molar-refractivity contribution >= 4 is 20.8 Å². The quantitative estimate of drug-likeness (QED) is 0.655. The van der Waals surface area contributed by atoms with E-state index in [-0.39, 0.29) is 4.90 Å². The molecule has 1 unspecified atom stereocenters. The van der Waals surface area contributed by atoms with Gasteiger partial charge in [-0.25, -0.2) is 8.42 Å². The zero-order valence-corrected chi connectivity index (χ0v) is 17.9. The van der Waals surface area contributed by atoms with Crippen LogP contribution in [0.5, 0.6) is 5.75 Å². The van der Waals surface area contributed by atoms with E-state index in [0.29, 0.717) is 30.9 Å². The molecule has 1 fully saturated rings. The minimum Gasteiger partial charge on any atom is -0.496 e. The van der Waals surface area contributed by atoms with Crippen molar-refractivity contribution in [2.24, 2.45) is 7.05 Å². The van der Waals surface area contributed by atoms with Crippen molar-refractivity contribution in [3.05, 3.63) is 53.3 Å². The minimum absolute atomic E-state index is 0.278. The molecule has 1 atom stereocenters. The van der Waals surface area contributed by atoms with Gasteiger partial charge in [-0.15, -0.1) is 0 Å². The van der Waals surface area contributed by atoms with Gasteiger partial charge in [-0.1, -0.05) is 24.3 Å². The van der Waals surface area contributed by atoms with Gasteiger partial charge in [-0.05, 0) is 26.0 Å². The lowest BCUT2D eigenvalue weighted by Gasteiger charge is -2.35. The number of hydrogen-bond donors (Lipinski definition) is 0. The molecule has 1 aliphatic rings. The third-order valence-corrected chi connectivity index (χ3v) is 7.59. The second-order valence-corrected chi connectivity index (χ2v) is 9.09. The molecule has 0 spiro atoms. The summed E-state index contributed by atoms with van der Waals surface area (Å²) in [6, 6.07) is 10.3. The SMILES string of the molecule is COc1ccc(S(=O)(=O)N2CCOCC2c2c(C)nn(C)c2C)c2ccccc12. The van der Waals surface area contributed by atoms with E-state index in [9.17, 15) is 8.42 Å². The molecular weight excluding hydrogens is 390 g/mol. The van der Waals surface area contributed by atoms with E-state index in [4.69, 9.17) is 9.47 Å². The molecule has 1 aliphatic heterocycles. The maximum atomic E-state index is 13.8. The van der Waals surface area contributed by atoms with E-state index in [1.807, 2.05) is 45.2 Å². The van der Waals surface area contributed by atoms with Crippen LogP contribution in [-0.2, 0) is 21.8 Å². The van der Waals surface area contributed by atoms with Gasteiger partial charge in [0.2, 0.25) is 10.0 Å². The monoisotopic (exact) mass is 415 g/mol. The second kappa shape index (κ2) is 7.44. The molecule has 0 amide bonds. The number of rotatable bonds is 4. The summed E-state index contributed by atoms with van der Waals surface area (Å²) in [5.74, 6) is 0.650. The summed E-state index contributed by atoms with van der Waals surface area (Å²) in [7, 11) is -0.323. The van der Waals surface area contributed by atoms with Gasteiger partial charge in [0.25, 0.3) is 0 Å². The van der Waals surface area contributed by atoms with Gasteiger partial charge in [0.05, 0.1) is 37.0 Å². The van der Waals surface area contributed by atoms with Crippen molar-refractivity contribution in [3.8, 4) is 5.75 Å². The molecule has 0 N–H and O–H groups in total. The third kappa shape index (κ3) is 3.21. The van der Waals surface area contributed by atoms with Crippen LogP contribution < -0.4 is 4.74 Å². The fourth-order valence-corrected chi connectivity index (χ4v) is 5.91. The molecular formula is C21H25N3O4S. The number of ether oxygens (including phenoxy) is 2. The van der Waals surface area contributed by atoms with Gasteiger partial charge in [-0.3, -0.25) is 4.68 Å². The van der Waals surface area contributed by atoms with Crippen LogP contribution in [0.2, 0.25) is 0 Å². The van der Waals surface area contributed by atoms with Gasteiger partial charge in [0.1, 0.15) is 5.75 Å². The van der Waals surface area contributed by atoms with Gasteiger partial charge in [0, 0.05) is 35.6 Å². The predicted molar refractivity (Wildman–Crippen MR) is 111 cm³/mol. The van der Waals surface area contributed by atoms with E-state index >= 15 is 0 Å². The number of morpholine rings is 1. The third-order valence-electron chi connectivity index (χ3n) is 5.63. The van der Waals surface area contributed by atoms with Crippen molar-refractivity contribution in [2.75, 3.05) is 26.9 Å². The molecule has 8 heteroatoms. The Bertz CT molecular complexity index is 1170. The van der Waals surface area contributed by atoms with E-state index in [0.717, 1.165) is 22.3 Å². The number of benzene rings is 2. The Morgan fingerprint density at radius 3 is 2.52 bits per heavy atom. The Hall–Kier alpha value is -2.42. The Morgan fingerprint density at radius 1 is 1.14 bits per heavy atom. The summed E-state index contributed by atoms with van der Waals surface area (Å²) in [5, 5.41) is 5.89. The number of aryl methyl sites for hydroxylation is 2. The van der Waals surface area contributed by atoms with E-state index < -0.39 is 16.1 Å². The van der Waals surface area contributed by atoms with Crippen LogP contribution in [0.1, 0.15) is 23.0 Å². The molecule has 1 saturated heterocycles. The average molecular weight is 416 g/mol. The first-order valence-corrected chi connectivity index (χ1v) is 11.0. The molecule has 154 valence electrons. The van der Waals surface area contributed by atoms with E-state index in [1.54, 1.807) is 28.2 Å². The smallest absolute Gasteiger partial charge is 0.244 e. The highest BCUT2D eigenvalue weighted by Gasteiger charge is 2.38. The first kappa shape index (κ1) is 19.9. The van der Waals surface area contributed by atoms with Crippen LogP contribution in [0.3, 0.4) is 0 Å². The maximum absolute atomic E-state index is 13.8. The fourth-order valence-electron chi connectivity index (χ4n) is 4.15. The Kier molecular flexibility index (Phi) is 5.10. The molecule has 4 rings (SSSR count). The largest absolute Gasteiger partial charge is 0.496 e. The summed E-state index contributed by atoms with van der Waals surface area (Å²) in [4.78, 5) is 0.278. The van der Waals surface area contributed by atoms with Crippen molar-refractivity contribution in [1.82, 2.24) is 14.1 Å². The standard InChI is InChI=1S/C21H25N3O4S/c1-14-21(15(2)23(3)22-14)18-13-28-12-11-24(18)29(25,26)20-10-9-19(27-4)16-7-5-6-8-17(16)20/h5-10,18H,11-13H2,1-4H3. The van der Waals surface area contributed by atoms with Crippen molar-refractivity contribution in [2.45, 2.75) is 24.8 Å². The van der Waals surface area contributed by atoms with Gasteiger partial charge >= 0.3 is 0 Å². The van der Waals surface area contributed by atoms with Gasteiger partial charge in [0.15, 0.2) is 0 Å². The summed E-state index contributed by atoms with van der Waals surface area (Å²) in [5.41, 5.74) is 2.67. The van der Waals surface area contributed by atoms with Crippen LogP contribution in [0.25, 0.3) is 10.8 Å². The molecule has 29 heavy (non-hydrogen) atoms. The average Bonchev–Trinajstić information content (AvgIpc) is 2.98. The second-order valence-electron chi connectivity index (χ2n) is 7.23. The van der Waals surface area contributed by atoms with E-state index in [1.165, 1.54) is 0 Å². The van der Waals surface area contributed by atoms with Crippen molar-refractivity contribution < 1.29 is 17.9 Å². The molecule has 0 aliphatic carbocycles. The van der Waals surface area contributed by atoms with Crippen LogP contribution in [0, 0.1) is 13.8 Å². The first-order valence-electron chi connectivity index (χ1n) is 9.51. The Labute approximate surface area is 170 Å². The lowest BCUT2D eigenvalue weighted by Crippen LogP contribution is -2.43. The highest BCUT2D eigenvalue weighted by Crippen LogP contribution is 2.37. The minimum atomic E-state index is -3.77. The number of methoxy groups -OCH3 is 1. The highest BCUT2D eigenvalue weighted by atomic mass is 32.2. The highest BCUT2D eigenvalue weighted by molar-refractivity contribution is 7.89. The van der Waals surface area contributed by atoms with Crippen LogP contribution in [0.15, 0.2) is 41.3 Å².